The van der Waals surface area contributed by atoms with Gasteiger partial charge >= 0.3 is 19.7 Å². The highest BCUT2D eigenvalue weighted by molar-refractivity contribution is 7.54. The Labute approximate surface area is 148 Å². The molecule has 2 rings (SSSR count). The highest BCUT2D eigenvalue weighted by Crippen LogP contribution is 2.48. The minimum atomic E-state index is -4.95. The van der Waals surface area contributed by atoms with Crippen LogP contribution in [-0.2, 0) is 9.36 Å². The molecule has 1 amide bonds. The van der Waals surface area contributed by atoms with Crippen molar-refractivity contribution in [2.45, 2.75) is 12.6 Å². The number of rotatable bonds is 8. The van der Waals surface area contributed by atoms with E-state index < -0.39 is 19.7 Å². The zero-order valence-electron chi connectivity index (χ0n) is 13.6. The van der Waals surface area contributed by atoms with Gasteiger partial charge in [-0.05, 0) is 30.7 Å². The molecule has 5 nitrogen and oxygen atoms in total. The Morgan fingerprint density at radius 1 is 0.923 bits per heavy atom. The molecule has 0 saturated carbocycles. The van der Waals surface area contributed by atoms with Crippen LogP contribution in [0.3, 0.4) is 0 Å². The summed E-state index contributed by atoms with van der Waals surface area (Å²) in [7, 11) is -3.70. The van der Waals surface area contributed by atoms with Gasteiger partial charge in [0.2, 0.25) is 0 Å². The van der Waals surface area contributed by atoms with Crippen molar-refractivity contribution in [1.29, 1.82) is 0 Å². The summed E-state index contributed by atoms with van der Waals surface area (Å²) in [5.41, 5.74) is 0. The van der Waals surface area contributed by atoms with E-state index in [1.807, 2.05) is 0 Å². The largest absolute Gasteiger partial charge is 0.471 e. The predicted molar refractivity (Wildman–Crippen MR) is 90.3 cm³/mol. The summed E-state index contributed by atoms with van der Waals surface area (Å²) < 4.78 is 60.5. The minimum Gasteiger partial charge on any atom is -0.416 e. The van der Waals surface area contributed by atoms with Crippen molar-refractivity contribution in [3.8, 4) is 11.5 Å². The first-order valence-electron chi connectivity index (χ1n) is 7.72. The fourth-order valence-electron chi connectivity index (χ4n) is 1.97. The average Bonchev–Trinajstić information content (AvgIpc) is 2.59. The van der Waals surface area contributed by atoms with Gasteiger partial charge in [0.05, 0.1) is 6.16 Å². The second-order valence-corrected chi connectivity index (χ2v) is 7.28. The van der Waals surface area contributed by atoms with E-state index in [9.17, 15) is 22.5 Å². The molecule has 0 aliphatic carbocycles. The smallest absolute Gasteiger partial charge is 0.416 e. The number of hydrogen-bond acceptors (Lipinski definition) is 4. The van der Waals surface area contributed by atoms with Gasteiger partial charge in [-0.1, -0.05) is 36.4 Å². The van der Waals surface area contributed by atoms with Gasteiger partial charge < -0.3 is 14.4 Å². The van der Waals surface area contributed by atoms with E-state index in [4.69, 9.17) is 9.05 Å². The van der Waals surface area contributed by atoms with Gasteiger partial charge in [0.25, 0.3) is 0 Å². The van der Waals surface area contributed by atoms with Crippen LogP contribution >= 0.6 is 7.60 Å². The Bertz CT molecular complexity index is 708. The standard InChI is InChI=1S/C17H17F3NO4P/c18-17(19,20)16(22)21-12-7-13-26(23,24-14-8-3-1-4-9-14)25-15-10-5-2-6-11-15/h1-6,8-11H,7,12-13H2,(H,21,22). The molecule has 0 aliphatic rings. The van der Waals surface area contributed by atoms with E-state index >= 15 is 0 Å². The van der Waals surface area contributed by atoms with Crippen LogP contribution in [0.25, 0.3) is 0 Å². The summed E-state index contributed by atoms with van der Waals surface area (Å²) in [4.78, 5) is 10.8. The van der Waals surface area contributed by atoms with E-state index in [2.05, 4.69) is 0 Å². The summed E-state index contributed by atoms with van der Waals surface area (Å²) in [6.45, 7) is -0.307. The van der Waals surface area contributed by atoms with Gasteiger partial charge in [-0.2, -0.15) is 13.2 Å². The zero-order valence-corrected chi connectivity index (χ0v) is 14.5. The predicted octanol–water partition coefficient (Wildman–Crippen LogP) is 4.41. The number of alkyl halides is 3. The first-order chi connectivity index (χ1) is 12.3. The van der Waals surface area contributed by atoms with Gasteiger partial charge in [0, 0.05) is 6.54 Å². The molecule has 9 heteroatoms. The van der Waals surface area contributed by atoms with Crippen LogP contribution in [0.4, 0.5) is 13.2 Å². The summed E-state index contributed by atoms with van der Waals surface area (Å²) in [6.07, 6.45) is -5.14. The lowest BCUT2D eigenvalue weighted by Crippen LogP contribution is -2.37. The highest BCUT2D eigenvalue weighted by atomic mass is 31.2. The first-order valence-corrected chi connectivity index (χ1v) is 9.45. The molecule has 0 unspecified atom stereocenters. The zero-order chi connectivity index (χ0) is 19.0. The molecule has 2 aromatic carbocycles. The molecular formula is C17H17F3NO4P. The van der Waals surface area contributed by atoms with Crippen molar-refractivity contribution >= 4 is 13.5 Å². The van der Waals surface area contributed by atoms with Crippen LogP contribution < -0.4 is 14.4 Å². The third kappa shape index (κ3) is 6.44. The van der Waals surface area contributed by atoms with Crippen LogP contribution in [0.1, 0.15) is 6.42 Å². The van der Waals surface area contributed by atoms with Crippen molar-refractivity contribution in [2.24, 2.45) is 0 Å². The molecular weight excluding hydrogens is 370 g/mol. The highest BCUT2D eigenvalue weighted by Gasteiger charge is 2.38. The first kappa shape index (κ1) is 19.8. The second kappa shape index (κ2) is 8.76. The molecule has 0 heterocycles. The van der Waals surface area contributed by atoms with Crippen molar-refractivity contribution in [3.63, 3.8) is 0 Å². The summed E-state index contributed by atoms with van der Waals surface area (Å²) in [5.74, 6) is -1.42. The molecule has 0 bridgehead atoms. The van der Waals surface area contributed by atoms with E-state index in [1.54, 1.807) is 66.0 Å². The van der Waals surface area contributed by atoms with Crippen LogP contribution in [0.5, 0.6) is 11.5 Å². The van der Waals surface area contributed by atoms with Gasteiger partial charge in [-0.25, -0.2) is 4.57 Å². The summed E-state index contributed by atoms with van der Waals surface area (Å²) >= 11 is 0. The Morgan fingerprint density at radius 2 is 1.38 bits per heavy atom. The number of hydrogen-bond donors (Lipinski definition) is 1. The fourth-order valence-corrected chi connectivity index (χ4v) is 3.62. The monoisotopic (exact) mass is 387 g/mol. The maximum Gasteiger partial charge on any atom is 0.471 e. The SMILES string of the molecule is O=C(NCCCP(=O)(Oc1ccccc1)Oc1ccccc1)C(F)(F)F. The van der Waals surface area contributed by atoms with Crippen molar-refractivity contribution < 1.29 is 31.6 Å². The van der Waals surface area contributed by atoms with Crippen molar-refractivity contribution in [3.05, 3.63) is 60.7 Å². The lowest BCUT2D eigenvalue weighted by Gasteiger charge is -2.20. The Balaban J connectivity index is 2.01. The van der Waals surface area contributed by atoms with Crippen molar-refractivity contribution in [2.75, 3.05) is 12.7 Å². The van der Waals surface area contributed by atoms with Gasteiger partial charge in [-0.3, -0.25) is 4.79 Å². The van der Waals surface area contributed by atoms with Gasteiger partial charge in [-0.15, -0.1) is 0 Å². The third-order valence-corrected chi connectivity index (χ3v) is 4.97. The molecule has 0 fully saturated rings. The van der Waals surface area contributed by atoms with Crippen molar-refractivity contribution in [1.82, 2.24) is 5.32 Å². The molecule has 140 valence electrons. The number of amides is 1. The number of carbonyl (C=O) groups excluding carboxylic acids is 1. The Hall–Kier alpha value is -2.47. The molecule has 1 N–H and O–H groups in total. The van der Waals surface area contributed by atoms with Crippen LogP contribution in [0.15, 0.2) is 60.7 Å². The number of carbonyl (C=O) groups is 1. The summed E-state index contributed by atoms with van der Waals surface area (Å²) in [6, 6.07) is 16.6. The molecule has 0 aromatic heterocycles. The lowest BCUT2D eigenvalue weighted by molar-refractivity contribution is -0.173. The Morgan fingerprint density at radius 3 is 1.81 bits per heavy atom. The molecule has 0 atom stereocenters. The van der Waals surface area contributed by atoms with Gasteiger partial charge in [0.15, 0.2) is 0 Å². The van der Waals surface area contributed by atoms with E-state index in [0.29, 0.717) is 11.5 Å². The topological polar surface area (TPSA) is 64.6 Å². The fraction of sp³-hybridized carbons (Fsp3) is 0.235. The van der Waals surface area contributed by atoms with Crippen LogP contribution in [-0.4, -0.2) is 24.8 Å². The van der Waals surface area contributed by atoms with E-state index in [0.717, 1.165) is 0 Å². The van der Waals surface area contributed by atoms with E-state index in [-0.39, 0.29) is 19.1 Å². The minimum absolute atomic E-state index is 0.0151. The van der Waals surface area contributed by atoms with Gasteiger partial charge in [0.1, 0.15) is 11.5 Å². The number of para-hydroxylation sites is 2. The molecule has 0 saturated heterocycles. The second-order valence-electron chi connectivity index (χ2n) is 5.25. The average molecular weight is 387 g/mol. The van der Waals surface area contributed by atoms with Crippen LogP contribution in [0, 0.1) is 0 Å². The maximum absolute atomic E-state index is 13.0. The normalized spacial score (nSPS) is 11.7. The molecule has 0 spiro atoms. The summed E-state index contributed by atoms with van der Waals surface area (Å²) in [5, 5.41) is 1.73. The van der Waals surface area contributed by atoms with E-state index in [1.165, 1.54) is 0 Å². The molecule has 0 aliphatic heterocycles. The molecule has 2 aromatic rings. The Kier molecular flexibility index (Phi) is 6.69. The third-order valence-electron chi connectivity index (χ3n) is 3.13. The molecule has 0 radical (unpaired) electrons. The maximum atomic E-state index is 13.0. The number of benzene rings is 2. The number of halogens is 3. The molecule has 26 heavy (non-hydrogen) atoms. The number of nitrogens with one attached hydrogen (secondary N) is 1. The quantitative estimate of drug-likeness (QED) is 0.539. The van der Waals surface area contributed by atoms with Crippen LogP contribution in [0.2, 0.25) is 0 Å². The lowest BCUT2D eigenvalue weighted by atomic mass is 10.3.